The number of rotatable bonds is 5. The summed E-state index contributed by atoms with van der Waals surface area (Å²) in [6, 6.07) is 11.6. The van der Waals surface area contributed by atoms with Crippen LogP contribution in [0.25, 0.3) is 0 Å². The van der Waals surface area contributed by atoms with Crippen molar-refractivity contribution in [3.63, 3.8) is 0 Å². The van der Waals surface area contributed by atoms with Crippen LogP contribution in [0.1, 0.15) is 25.0 Å². The smallest absolute Gasteiger partial charge is 0.313 e. The van der Waals surface area contributed by atoms with Crippen LogP contribution in [0.15, 0.2) is 42.5 Å². The first-order valence-corrected chi connectivity index (χ1v) is 10.2. The number of halogens is 2. The average molecular weight is 434 g/mol. The van der Waals surface area contributed by atoms with Gasteiger partial charge in [0, 0.05) is 31.9 Å². The predicted octanol–water partition coefficient (Wildman–Crippen LogP) is 3.34. The number of anilines is 1. The second-order valence-corrected chi connectivity index (χ2v) is 7.89. The molecule has 1 fully saturated rings. The van der Waals surface area contributed by atoms with E-state index in [-0.39, 0.29) is 29.5 Å². The minimum absolute atomic E-state index is 0.0573. The average Bonchev–Trinajstić information content (AvgIpc) is 2.69. The zero-order valence-corrected chi connectivity index (χ0v) is 17.7. The van der Waals surface area contributed by atoms with Gasteiger partial charge in [-0.25, -0.2) is 4.39 Å². The summed E-state index contributed by atoms with van der Waals surface area (Å²) in [5.41, 5.74) is 2.18. The first-order chi connectivity index (χ1) is 14.3. The SMILES string of the molecule is C[C@H]1CN(Cc2ccccc2CNC(=O)C(=O)Nc2ccc(Cl)c(F)c2)C[C@H](C)O1. The van der Waals surface area contributed by atoms with E-state index in [1.165, 1.54) is 12.1 Å². The van der Waals surface area contributed by atoms with Crippen LogP contribution in [0.4, 0.5) is 10.1 Å². The summed E-state index contributed by atoms with van der Waals surface area (Å²) >= 11 is 5.62. The third-order valence-electron chi connectivity index (χ3n) is 4.83. The highest BCUT2D eigenvalue weighted by molar-refractivity contribution is 6.39. The first-order valence-electron chi connectivity index (χ1n) is 9.80. The third kappa shape index (κ3) is 6.01. The van der Waals surface area contributed by atoms with Crippen LogP contribution in [0.3, 0.4) is 0 Å². The summed E-state index contributed by atoms with van der Waals surface area (Å²) < 4.78 is 19.3. The minimum atomic E-state index is -0.870. The van der Waals surface area contributed by atoms with E-state index >= 15 is 0 Å². The highest BCUT2D eigenvalue weighted by Crippen LogP contribution is 2.19. The molecule has 0 aromatic heterocycles. The lowest BCUT2D eigenvalue weighted by Crippen LogP contribution is -2.45. The number of morpholine rings is 1. The molecule has 3 rings (SSSR count). The number of ether oxygens (including phenoxy) is 1. The van der Waals surface area contributed by atoms with E-state index in [9.17, 15) is 14.0 Å². The number of nitrogens with zero attached hydrogens (tertiary/aromatic N) is 1. The molecule has 1 saturated heterocycles. The molecule has 0 bridgehead atoms. The van der Waals surface area contributed by atoms with Crippen molar-refractivity contribution in [3.05, 3.63) is 64.4 Å². The van der Waals surface area contributed by atoms with E-state index in [1.807, 2.05) is 24.3 Å². The summed E-state index contributed by atoms with van der Waals surface area (Å²) in [5, 5.41) is 4.93. The quantitative estimate of drug-likeness (QED) is 0.709. The normalized spacial score (nSPS) is 19.3. The number of benzene rings is 2. The van der Waals surface area contributed by atoms with Gasteiger partial charge in [0.15, 0.2) is 0 Å². The third-order valence-corrected chi connectivity index (χ3v) is 5.14. The fraction of sp³-hybridized carbons (Fsp3) is 0.364. The van der Waals surface area contributed by atoms with Crippen molar-refractivity contribution in [2.75, 3.05) is 18.4 Å². The Kier molecular flexibility index (Phi) is 7.42. The molecule has 2 amide bonds. The largest absolute Gasteiger partial charge is 0.373 e. The Hall–Kier alpha value is -2.48. The molecule has 2 aromatic carbocycles. The number of hydrogen-bond donors (Lipinski definition) is 2. The second-order valence-electron chi connectivity index (χ2n) is 7.49. The standard InChI is InChI=1S/C22H25ClFN3O3/c1-14-11-27(12-15(2)30-14)13-17-6-4-3-5-16(17)10-25-21(28)22(29)26-18-7-8-19(23)20(24)9-18/h3-9,14-15H,10-13H2,1-2H3,(H,25,28)(H,26,29)/t14-,15-/m0/s1. The van der Waals surface area contributed by atoms with Gasteiger partial charge in [-0.3, -0.25) is 14.5 Å². The molecular formula is C22H25ClFN3O3. The number of carbonyl (C=O) groups excluding carboxylic acids is 2. The summed E-state index contributed by atoms with van der Waals surface area (Å²) in [7, 11) is 0. The number of carbonyl (C=O) groups is 2. The van der Waals surface area contributed by atoms with Gasteiger partial charge in [0.05, 0.1) is 17.2 Å². The van der Waals surface area contributed by atoms with Crippen LogP contribution in [-0.2, 0) is 27.4 Å². The molecule has 8 heteroatoms. The van der Waals surface area contributed by atoms with Gasteiger partial charge in [0.2, 0.25) is 0 Å². The predicted molar refractivity (Wildman–Crippen MR) is 114 cm³/mol. The fourth-order valence-electron chi connectivity index (χ4n) is 3.56. The van der Waals surface area contributed by atoms with Crippen LogP contribution in [0.2, 0.25) is 5.02 Å². The van der Waals surface area contributed by atoms with E-state index in [1.54, 1.807) is 0 Å². The van der Waals surface area contributed by atoms with Gasteiger partial charge in [-0.2, -0.15) is 0 Å². The number of hydrogen-bond acceptors (Lipinski definition) is 4. The molecule has 0 radical (unpaired) electrons. The van der Waals surface area contributed by atoms with Gasteiger partial charge in [0.1, 0.15) is 5.82 Å². The maximum atomic E-state index is 13.5. The molecule has 6 nitrogen and oxygen atoms in total. The molecule has 0 spiro atoms. The van der Waals surface area contributed by atoms with Crippen LogP contribution >= 0.6 is 11.6 Å². The summed E-state index contributed by atoms with van der Waals surface area (Å²) in [5.74, 6) is -2.34. The highest BCUT2D eigenvalue weighted by Gasteiger charge is 2.23. The monoisotopic (exact) mass is 433 g/mol. The molecule has 160 valence electrons. The first kappa shape index (κ1) is 22.2. The van der Waals surface area contributed by atoms with Crippen molar-refractivity contribution >= 4 is 29.1 Å². The molecule has 2 atom stereocenters. The van der Waals surface area contributed by atoms with Crippen molar-refractivity contribution in [1.29, 1.82) is 0 Å². The van der Waals surface area contributed by atoms with E-state index in [4.69, 9.17) is 16.3 Å². The lowest BCUT2D eigenvalue weighted by molar-refractivity contribution is -0.136. The molecular weight excluding hydrogens is 409 g/mol. The Balaban J connectivity index is 1.58. The van der Waals surface area contributed by atoms with Crippen LogP contribution in [-0.4, -0.2) is 42.0 Å². The fourth-order valence-corrected chi connectivity index (χ4v) is 3.67. The lowest BCUT2D eigenvalue weighted by atomic mass is 10.1. The Morgan fingerprint density at radius 2 is 1.77 bits per heavy atom. The van der Waals surface area contributed by atoms with Crippen LogP contribution in [0, 0.1) is 5.82 Å². The molecule has 2 N–H and O–H groups in total. The number of nitrogens with one attached hydrogen (secondary N) is 2. The van der Waals surface area contributed by atoms with Gasteiger partial charge in [-0.15, -0.1) is 0 Å². The zero-order chi connectivity index (χ0) is 21.7. The molecule has 1 aliphatic rings. The van der Waals surface area contributed by atoms with E-state index in [0.717, 1.165) is 36.8 Å². The Bertz CT molecular complexity index is 914. The minimum Gasteiger partial charge on any atom is -0.373 e. The van der Waals surface area contributed by atoms with Gasteiger partial charge < -0.3 is 15.4 Å². The molecule has 1 aliphatic heterocycles. The molecule has 0 unspecified atom stereocenters. The van der Waals surface area contributed by atoms with Crippen LogP contribution < -0.4 is 10.6 Å². The van der Waals surface area contributed by atoms with E-state index < -0.39 is 17.6 Å². The van der Waals surface area contributed by atoms with Crippen molar-refractivity contribution < 1.29 is 18.7 Å². The molecule has 1 heterocycles. The van der Waals surface area contributed by atoms with Crippen molar-refractivity contribution in [1.82, 2.24) is 10.2 Å². The molecule has 0 aliphatic carbocycles. The van der Waals surface area contributed by atoms with Crippen molar-refractivity contribution in [2.24, 2.45) is 0 Å². The number of amides is 2. The van der Waals surface area contributed by atoms with Crippen LogP contribution in [0.5, 0.6) is 0 Å². The zero-order valence-electron chi connectivity index (χ0n) is 17.0. The van der Waals surface area contributed by atoms with E-state index in [2.05, 4.69) is 29.4 Å². The van der Waals surface area contributed by atoms with Gasteiger partial charge in [-0.1, -0.05) is 35.9 Å². The van der Waals surface area contributed by atoms with E-state index in [0.29, 0.717) is 0 Å². The highest BCUT2D eigenvalue weighted by atomic mass is 35.5. The van der Waals surface area contributed by atoms with Gasteiger partial charge in [0.25, 0.3) is 0 Å². The second kappa shape index (κ2) is 10.0. The van der Waals surface area contributed by atoms with Crippen molar-refractivity contribution in [3.8, 4) is 0 Å². The topological polar surface area (TPSA) is 70.7 Å². The maximum Gasteiger partial charge on any atom is 0.313 e. The summed E-state index contributed by atoms with van der Waals surface area (Å²) in [6.07, 6.45) is 0.337. The van der Waals surface area contributed by atoms with Gasteiger partial charge in [-0.05, 0) is 43.2 Å². The van der Waals surface area contributed by atoms with Gasteiger partial charge >= 0.3 is 11.8 Å². The molecule has 2 aromatic rings. The lowest BCUT2D eigenvalue weighted by Gasteiger charge is -2.35. The summed E-state index contributed by atoms with van der Waals surface area (Å²) in [6.45, 7) is 6.74. The Labute approximate surface area is 180 Å². The summed E-state index contributed by atoms with van der Waals surface area (Å²) in [4.78, 5) is 26.6. The molecule has 0 saturated carbocycles. The van der Waals surface area contributed by atoms with Crippen molar-refractivity contribution in [2.45, 2.75) is 39.1 Å². The Morgan fingerprint density at radius 3 is 2.43 bits per heavy atom. The maximum absolute atomic E-state index is 13.5. The molecule has 30 heavy (non-hydrogen) atoms. The Morgan fingerprint density at radius 1 is 1.10 bits per heavy atom.